The maximum absolute atomic E-state index is 13.2. The van der Waals surface area contributed by atoms with Crippen molar-refractivity contribution in [1.82, 2.24) is 10.2 Å². The third kappa shape index (κ3) is 5.69. The maximum atomic E-state index is 13.2. The summed E-state index contributed by atoms with van der Waals surface area (Å²) in [7, 11) is -3.75. The molecule has 36 heavy (non-hydrogen) atoms. The van der Waals surface area contributed by atoms with Crippen LogP contribution in [0.3, 0.4) is 0 Å². The highest BCUT2D eigenvalue weighted by Crippen LogP contribution is 2.36. The van der Waals surface area contributed by atoms with E-state index in [1.54, 1.807) is 41.3 Å². The molecule has 3 aromatic rings. The average Bonchev–Trinajstić information content (AvgIpc) is 2.92. The van der Waals surface area contributed by atoms with E-state index in [-0.39, 0.29) is 10.8 Å². The third-order valence-electron chi connectivity index (χ3n) is 6.53. The van der Waals surface area contributed by atoms with Crippen molar-refractivity contribution < 1.29 is 13.2 Å². The van der Waals surface area contributed by atoms with Gasteiger partial charge in [0.25, 0.3) is 15.9 Å². The van der Waals surface area contributed by atoms with Gasteiger partial charge in [-0.2, -0.15) is 0 Å². The zero-order valence-electron chi connectivity index (χ0n) is 20.8. The normalized spacial score (nSPS) is 13.8. The number of amides is 1. The summed E-state index contributed by atoms with van der Waals surface area (Å²) < 4.78 is 29.1. The number of hydrogen-bond donors (Lipinski definition) is 2. The number of nitrogens with one attached hydrogen (secondary N) is 2. The zero-order chi connectivity index (χ0) is 25.5. The Morgan fingerprint density at radius 3 is 2.06 bits per heavy atom. The monoisotopic (exact) mass is 503 g/mol. The highest BCUT2D eigenvalue weighted by molar-refractivity contribution is 7.92. The third-order valence-corrected chi connectivity index (χ3v) is 7.91. The Kier molecular flexibility index (Phi) is 8.23. The number of carbonyl (C=O) groups excluding carboxylic acids is 1. The fourth-order valence-corrected chi connectivity index (χ4v) is 5.70. The second kappa shape index (κ2) is 11.5. The van der Waals surface area contributed by atoms with Gasteiger partial charge in [0, 0.05) is 24.2 Å². The molecule has 1 saturated heterocycles. The fraction of sp³-hybridized carbons (Fsp3) is 0.276. The lowest BCUT2D eigenvalue weighted by Gasteiger charge is -2.23. The van der Waals surface area contributed by atoms with E-state index in [9.17, 15) is 13.2 Å². The molecule has 1 fully saturated rings. The second-order valence-electron chi connectivity index (χ2n) is 8.75. The molecule has 0 spiro atoms. The van der Waals surface area contributed by atoms with Crippen LogP contribution in [0, 0.1) is 0 Å². The Labute approximate surface area is 214 Å². The van der Waals surface area contributed by atoms with Crippen LogP contribution >= 0.6 is 0 Å². The molecule has 0 aromatic heterocycles. The predicted molar refractivity (Wildman–Crippen MR) is 146 cm³/mol. The van der Waals surface area contributed by atoms with Crippen LogP contribution < -0.4 is 10.0 Å². The quantitative estimate of drug-likeness (QED) is 0.445. The molecule has 188 valence electrons. The van der Waals surface area contributed by atoms with Gasteiger partial charge in [-0.1, -0.05) is 54.1 Å². The summed E-state index contributed by atoms with van der Waals surface area (Å²) in [6.07, 6.45) is 1.74. The molecule has 0 aliphatic carbocycles. The van der Waals surface area contributed by atoms with Crippen LogP contribution in [0.25, 0.3) is 5.57 Å². The summed E-state index contributed by atoms with van der Waals surface area (Å²) in [5.41, 5.74) is 5.26. The number of para-hydroxylation sites is 1. The smallest absolute Gasteiger partial charge is 0.261 e. The van der Waals surface area contributed by atoms with Gasteiger partial charge in [-0.3, -0.25) is 9.52 Å². The van der Waals surface area contributed by atoms with Crippen molar-refractivity contribution in [2.45, 2.75) is 31.6 Å². The summed E-state index contributed by atoms with van der Waals surface area (Å²) >= 11 is 0. The van der Waals surface area contributed by atoms with Gasteiger partial charge in [0.05, 0.1) is 10.6 Å². The van der Waals surface area contributed by atoms with E-state index in [0.29, 0.717) is 24.3 Å². The van der Waals surface area contributed by atoms with E-state index in [1.807, 2.05) is 56.3 Å². The van der Waals surface area contributed by atoms with Crippen LogP contribution in [0.1, 0.15) is 48.2 Å². The van der Waals surface area contributed by atoms with E-state index in [1.165, 1.54) is 5.57 Å². The van der Waals surface area contributed by atoms with E-state index in [0.717, 1.165) is 42.6 Å². The number of piperidine rings is 1. The SMILES string of the molecule is CCN(CC)C(=O)c1ccc(C(=C2CCNCC2)c2ccccc2NS(=O)(=O)c2ccccc2)cc1. The standard InChI is InChI=1S/C29H33N3O3S/c1-3-32(4-2)29(33)24-16-14-22(15-17-24)28(23-18-20-30-21-19-23)26-12-8-9-13-27(26)31-36(34,35)25-10-6-5-7-11-25/h5-17,30-31H,3-4,18-21H2,1-2H3. The van der Waals surface area contributed by atoms with E-state index in [2.05, 4.69) is 10.0 Å². The molecule has 1 amide bonds. The Morgan fingerprint density at radius 2 is 1.42 bits per heavy atom. The minimum Gasteiger partial charge on any atom is -0.339 e. The number of sulfonamides is 1. The molecule has 3 aromatic carbocycles. The fourth-order valence-electron chi connectivity index (χ4n) is 4.59. The number of rotatable bonds is 8. The molecule has 0 bridgehead atoms. The Morgan fingerprint density at radius 1 is 0.833 bits per heavy atom. The lowest BCUT2D eigenvalue weighted by molar-refractivity contribution is 0.0773. The van der Waals surface area contributed by atoms with Gasteiger partial charge < -0.3 is 10.2 Å². The van der Waals surface area contributed by atoms with Gasteiger partial charge in [0.2, 0.25) is 0 Å². The van der Waals surface area contributed by atoms with Crippen LogP contribution in [0.5, 0.6) is 0 Å². The molecule has 1 aliphatic heterocycles. The van der Waals surface area contributed by atoms with Crippen molar-refractivity contribution in [3.63, 3.8) is 0 Å². The number of carbonyl (C=O) groups is 1. The molecule has 1 heterocycles. The minimum atomic E-state index is -3.75. The largest absolute Gasteiger partial charge is 0.339 e. The van der Waals surface area contributed by atoms with Crippen molar-refractivity contribution in [2.75, 3.05) is 30.9 Å². The highest BCUT2D eigenvalue weighted by atomic mass is 32.2. The number of nitrogens with zero attached hydrogens (tertiary/aromatic N) is 1. The predicted octanol–water partition coefficient (Wildman–Crippen LogP) is 5.15. The first-order chi connectivity index (χ1) is 17.4. The summed E-state index contributed by atoms with van der Waals surface area (Å²) in [4.78, 5) is 14.9. The molecular weight excluding hydrogens is 470 g/mol. The van der Waals surface area contributed by atoms with Crippen molar-refractivity contribution in [1.29, 1.82) is 0 Å². The second-order valence-corrected chi connectivity index (χ2v) is 10.4. The molecule has 6 nitrogen and oxygen atoms in total. The summed E-state index contributed by atoms with van der Waals surface area (Å²) in [6.45, 7) is 7.01. The first-order valence-electron chi connectivity index (χ1n) is 12.4. The zero-order valence-corrected chi connectivity index (χ0v) is 21.6. The molecule has 4 rings (SSSR count). The van der Waals surface area contributed by atoms with Crippen molar-refractivity contribution in [2.24, 2.45) is 0 Å². The Hall–Kier alpha value is -3.42. The molecule has 0 unspecified atom stereocenters. The van der Waals surface area contributed by atoms with Crippen molar-refractivity contribution >= 4 is 27.2 Å². The summed E-state index contributed by atoms with van der Waals surface area (Å²) in [6, 6.07) is 23.6. The van der Waals surface area contributed by atoms with Gasteiger partial charge in [-0.15, -0.1) is 0 Å². The van der Waals surface area contributed by atoms with Crippen molar-refractivity contribution in [3.8, 4) is 0 Å². The van der Waals surface area contributed by atoms with Crippen molar-refractivity contribution in [3.05, 3.63) is 101 Å². The molecule has 2 N–H and O–H groups in total. The van der Waals surface area contributed by atoms with E-state index in [4.69, 9.17) is 0 Å². The van der Waals surface area contributed by atoms with Gasteiger partial charge in [0.15, 0.2) is 0 Å². The number of hydrogen-bond acceptors (Lipinski definition) is 4. The molecule has 0 atom stereocenters. The van der Waals surface area contributed by atoms with Crippen LogP contribution in [-0.4, -0.2) is 45.4 Å². The Bertz CT molecular complexity index is 1320. The lowest BCUT2D eigenvalue weighted by Crippen LogP contribution is -2.30. The molecule has 0 saturated carbocycles. The van der Waals surface area contributed by atoms with E-state index < -0.39 is 10.0 Å². The summed E-state index contributed by atoms with van der Waals surface area (Å²) in [5, 5.41) is 3.40. The van der Waals surface area contributed by atoms with Crippen LogP contribution in [0.4, 0.5) is 5.69 Å². The molecule has 0 radical (unpaired) electrons. The van der Waals surface area contributed by atoms with Gasteiger partial charge in [-0.25, -0.2) is 8.42 Å². The highest BCUT2D eigenvalue weighted by Gasteiger charge is 2.21. The topological polar surface area (TPSA) is 78.5 Å². The Balaban J connectivity index is 1.77. The first-order valence-corrected chi connectivity index (χ1v) is 13.9. The van der Waals surface area contributed by atoms with Crippen LogP contribution in [0.15, 0.2) is 89.3 Å². The van der Waals surface area contributed by atoms with E-state index >= 15 is 0 Å². The molecule has 1 aliphatic rings. The van der Waals surface area contributed by atoms with Gasteiger partial charge in [0.1, 0.15) is 0 Å². The molecular formula is C29H33N3O3S. The van der Waals surface area contributed by atoms with Crippen LogP contribution in [0.2, 0.25) is 0 Å². The number of benzene rings is 3. The summed E-state index contributed by atoms with van der Waals surface area (Å²) in [5.74, 6) is 0.0126. The van der Waals surface area contributed by atoms with Gasteiger partial charge in [-0.05, 0) is 81.2 Å². The first kappa shape index (κ1) is 25.7. The average molecular weight is 504 g/mol. The minimum absolute atomic E-state index is 0.0126. The maximum Gasteiger partial charge on any atom is 0.261 e. The lowest BCUT2D eigenvalue weighted by atomic mass is 9.87. The van der Waals surface area contributed by atoms with Crippen LogP contribution in [-0.2, 0) is 10.0 Å². The molecule has 7 heteroatoms. The van der Waals surface area contributed by atoms with Gasteiger partial charge >= 0.3 is 0 Å². The number of anilines is 1.